The lowest BCUT2D eigenvalue weighted by Gasteiger charge is -2.29. The molecule has 0 fully saturated rings. The lowest BCUT2D eigenvalue weighted by molar-refractivity contribution is -0.115. The number of carbonyl (C=O) groups is 1. The summed E-state index contributed by atoms with van der Waals surface area (Å²) in [5.74, 6) is 0.557. The van der Waals surface area contributed by atoms with Crippen molar-refractivity contribution in [2.45, 2.75) is 18.2 Å². The van der Waals surface area contributed by atoms with Crippen molar-refractivity contribution in [1.82, 2.24) is 4.98 Å². The van der Waals surface area contributed by atoms with Crippen molar-refractivity contribution in [3.8, 4) is 5.75 Å². The summed E-state index contributed by atoms with van der Waals surface area (Å²) in [6.45, 7) is 2.20. The van der Waals surface area contributed by atoms with Crippen molar-refractivity contribution in [2.75, 3.05) is 22.8 Å². The number of carbonyl (C=O) groups excluding carboxylic acids is 1. The van der Waals surface area contributed by atoms with Crippen LogP contribution in [0.5, 0.6) is 5.75 Å². The number of nitrogens with zero attached hydrogens (tertiary/aromatic N) is 2. The van der Waals surface area contributed by atoms with Crippen LogP contribution in [0.25, 0.3) is 0 Å². The molecule has 154 valence electrons. The van der Waals surface area contributed by atoms with Gasteiger partial charge in [0, 0.05) is 0 Å². The number of rotatable bonds is 5. The van der Waals surface area contributed by atoms with Crippen molar-refractivity contribution in [2.24, 2.45) is 0 Å². The zero-order valence-electron chi connectivity index (χ0n) is 16.4. The van der Waals surface area contributed by atoms with E-state index < -0.39 is 10.0 Å². The number of benzene rings is 2. The van der Waals surface area contributed by atoms with Crippen LogP contribution in [-0.2, 0) is 21.2 Å². The van der Waals surface area contributed by atoms with Gasteiger partial charge in [0.25, 0.3) is 10.0 Å². The predicted molar refractivity (Wildman–Crippen MR) is 114 cm³/mol. The molecule has 30 heavy (non-hydrogen) atoms. The molecule has 1 aromatic heterocycles. The largest absolute Gasteiger partial charge is 0.488 e. The molecule has 2 heterocycles. The molecule has 0 saturated heterocycles. The number of aryl methyl sites for hydroxylation is 1. The Bertz CT molecular complexity index is 1180. The maximum atomic E-state index is 13.2. The van der Waals surface area contributed by atoms with Crippen molar-refractivity contribution in [3.05, 3.63) is 77.9 Å². The minimum Gasteiger partial charge on any atom is -0.488 e. The van der Waals surface area contributed by atoms with Gasteiger partial charge in [-0.2, -0.15) is 0 Å². The summed E-state index contributed by atoms with van der Waals surface area (Å²) in [6.07, 6.45) is 0.196. The van der Waals surface area contributed by atoms with Gasteiger partial charge in [-0.05, 0) is 42.3 Å². The highest BCUT2D eigenvalue weighted by Gasteiger charge is 2.31. The maximum absolute atomic E-state index is 13.2. The Labute approximate surface area is 175 Å². The first-order valence-electron chi connectivity index (χ1n) is 9.50. The molecular formula is C22H21N3O4S. The average Bonchev–Trinajstić information content (AvgIpc) is 2.74. The third-order valence-electron chi connectivity index (χ3n) is 4.68. The highest BCUT2D eigenvalue weighted by molar-refractivity contribution is 7.92. The summed E-state index contributed by atoms with van der Waals surface area (Å²) < 4.78 is 33.3. The van der Waals surface area contributed by atoms with Gasteiger partial charge in [0.15, 0.2) is 11.6 Å². The summed E-state index contributed by atoms with van der Waals surface area (Å²) in [6, 6.07) is 19.3. The molecule has 4 rings (SSSR count). The van der Waals surface area contributed by atoms with Gasteiger partial charge in [-0.15, -0.1) is 0 Å². The van der Waals surface area contributed by atoms with E-state index in [-0.39, 0.29) is 42.0 Å². The third kappa shape index (κ3) is 4.13. The number of hydrogen-bond acceptors (Lipinski definition) is 5. The molecule has 2 aromatic carbocycles. The van der Waals surface area contributed by atoms with Crippen LogP contribution in [-0.4, -0.2) is 32.5 Å². The van der Waals surface area contributed by atoms with Crippen molar-refractivity contribution < 1.29 is 17.9 Å². The summed E-state index contributed by atoms with van der Waals surface area (Å²) in [5.41, 5.74) is 1.72. The van der Waals surface area contributed by atoms with Gasteiger partial charge in [0.2, 0.25) is 5.91 Å². The van der Waals surface area contributed by atoms with Crippen LogP contribution in [0.15, 0.2) is 71.6 Å². The molecule has 8 heteroatoms. The van der Waals surface area contributed by atoms with E-state index in [9.17, 15) is 13.2 Å². The standard InChI is InChI=1S/C22H21N3O4S/c1-16-6-5-9-18(14-16)30(27,28)25-12-13-29-19-10-11-20(24-22(19)25)23-21(26)15-17-7-3-2-4-8-17/h2-11,14H,12-13,15H2,1H3,(H,23,24,26). The molecule has 1 amide bonds. The molecule has 0 atom stereocenters. The number of sulfonamides is 1. The highest BCUT2D eigenvalue weighted by Crippen LogP contribution is 2.34. The Kier molecular flexibility index (Phi) is 5.41. The molecule has 0 aliphatic carbocycles. The minimum atomic E-state index is -3.81. The number of fused-ring (bicyclic) bond motifs is 1. The van der Waals surface area contributed by atoms with E-state index in [4.69, 9.17) is 4.74 Å². The zero-order chi connectivity index (χ0) is 21.1. The first-order chi connectivity index (χ1) is 14.4. The van der Waals surface area contributed by atoms with E-state index in [2.05, 4.69) is 10.3 Å². The number of ether oxygens (including phenoxy) is 1. The molecule has 3 aromatic rings. The Balaban J connectivity index is 1.61. The van der Waals surface area contributed by atoms with Gasteiger partial charge < -0.3 is 10.1 Å². The predicted octanol–water partition coefficient (Wildman–Crippen LogP) is 3.16. The monoisotopic (exact) mass is 423 g/mol. The van der Waals surface area contributed by atoms with Crippen molar-refractivity contribution in [1.29, 1.82) is 0 Å². The Morgan fingerprint density at radius 3 is 2.67 bits per heavy atom. The Morgan fingerprint density at radius 1 is 1.10 bits per heavy atom. The van der Waals surface area contributed by atoms with Gasteiger partial charge in [-0.1, -0.05) is 42.5 Å². The fourth-order valence-electron chi connectivity index (χ4n) is 3.25. The third-order valence-corrected chi connectivity index (χ3v) is 6.47. The first-order valence-corrected chi connectivity index (χ1v) is 10.9. The number of nitrogens with one attached hydrogen (secondary N) is 1. The number of hydrogen-bond donors (Lipinski definition) is 1. The molecule has 1 aliphatic heterocycles. The lowest BCUT2D eigenvalue weighted by atomic mass is 10.1. The number of anilines is 2. The second-order valence-corrected chi connectivity index (χ2v) is 8.83. The maximum Gasteiger partial charge on any atom is 0.265 e. The molecule has 1 aliphatic rings. The highest BCUT2D eigenvalue weighted by atomic mass is 32.2. The second-order valence-electron chi connectivity index (χ2n) is 6.97. The number of aromatic nitrogens is 1. The van der Waals surface area contributed by atoms with Gasteiger partial charge in [-0.25, -0.2) is 17.7 Å². The van der Waals surface area contributed by atoms with Crippen LogP contribution in [0.2, 0.25) is 0 Å². The Morgan fingerprint density at radius 2 is 1.90 bits per heavy atom. The van der Waals surface area contributed by atoms with Crippen molar-refractivity contribution >= 4 is 27.6 Å². The normalized spacial score (nSPS) is 13.3. The molecule has 0 radical (unpaired) electrons. The summed E-state index contributed by atoms with van der Waals surface area (Å²) in [4.78, 5) is 16.9. The van der Waals surface area contributed by atoms with Crippen LogP contribution >= 0.6 is 0 Å². The fraction of sp³-hybridized carbons (Fsp3) is 0.182. The molecular weight excluding hydrogens is 402 g/mol. The minimum absolute atomic E-state index is 0.137. The van der Waals surface area contributed by atoms with E-state index in [1.165, 1.54) is 4.31 Å². The van der Waals surface area contributed by atoms with Gasteiger partial charge >= 0.3 is 0 Å². The molecule has 7 nitrogen and oxygen atoms in total. The van der Waals surface area contributed by atoms with E-state index in [1.54, 1.807) is 30.3 Å². The Hall–Kier alpha value is -3.39. The fourth-order valence-corrected chi connectivity index (χ4v) is 4.76. The van der Waals surface area contributed by atoms with Crippen LogP contribution in [0.4, 0.5) is 11.6 Å². The zero-order valence-corrected chi connectivity index (χ0v) is 17.2. The van der Waals surface area contributed by atoms with E-state index in [1.807, 2.05) is 43.3 Å². The molecule has 0 unspecified atom stereocenters. The summed E-state index contributed by atoms with van der Waals surface area (Å²) in [7, 11) is -3.81. The van der Waals surface area contributed by atoms with Gasteiger partial charge in [-0.3, -0.25) is 4.79 Å². The number of amides is 1. The lowest BCUT2D eigenvalue weighted by Crippen LogP contribution is -2.38. The number of pyridine rings is 1. The molecule has 0 saturated carbocycles. The van der Waals surface area contributed by atoms with E-state index >= 15 is 0 Å². The molecule has 1 N–H and O–H groups in total. The topological polar surface area (TPSA) is 88.6 Å². The van der Waals surface area contributed by atoms with Gasteiger partial charge in [0.05, 0.1) is 17.9 Å². The van der Waals surface area contributed by atoms with Crippen LogP contribution in [0.1, 0.15) is 11.1 Å². The molecule has 0 bridgehead atoms. The summed E-state index contributed by atoms with van der Waals surface area (Å²) in [5, 5.41) is 2.73. The van der Waals surface area contributed by atoms with Crippen LogP contribution in [0.3, 0.4) is 0 Å². The second kappa shape index (κ2) is 8.16. The van der Waals surface area contributed by atoms with Crippen LogP contribution in [0, 0.1) is 6.92 Å². The van der Waals surface area contributed by atoms with Crippen molar-refractivity contribution in [3.63, 3.8) is 0 Å². The first kappa shape index (κ1) is 19.9. The smallest absolute Gasteiger partial charge is 0.265 e. The summed E-state index contributed by atoms with van der Waals surface area (Å²) >= 11 is 0. The molecule has 0 spiro atoms. The van der Waals surface area contributed by atoms with E-state index in [0.29, 0.717) is 5.75 Å². The van der Waals surface area contributed by atoms with Crippen LogP contribution < -0.4 is 14.4 Å². The average molecular weight is 423 g/mol. The quantitative estimate of drug-likeness (QED) is 0.681. The van der Waals surface area contributed by atoms with Gasteiger partial charge in [0.1, 0.15) is 12.4 Å². The van der Waals surface area contributed by atoms with E-state index in [0.717, 1.165) is 11.1 Å². The SMILES string of the molecule is Cc1cccc(S(=O)(=O)N2CCOc3ccc(NC(=O)Cc4ccccc4)nc32)c1.